The Balaban J connectivity index is 2.50. The highest BCUT2D eigenvalue weighted by Crippen LogP contribution is 2.08. The Morgan fingerprint density at radius 3 is 3.08 bits per heavy atom. The number of aromatic nitrogens is 2. The molecule has 0 spiro atoms. The van der Waals surface area contributed by atoms with Crippen LogP contribution in [0, 0.1) is 0 Å². The molecule has 0 radical (unpaired) electrons. The maximum absolute atomic E-state index is 10.5. The molecular weight excluding hydrogens is 198 g/mol. The lowest BCUT2D eigenvalue weighted by molar-refractivity contribution is -0.131. The van der Waals surface area contributed by atoms with Gasteiger partial charge in [0.05, 0.1) is 12.4 Å². The second-order valence-electron chi connectivity index (χ2n) is 2.00. The zero-order valence-corrected chi connectivity index (χ0v) is 7.15. The van der Waals surface area contributed by atoms with Gasteiger partial charge in [-0.2, -0.15) is 4.98 Å². The second-order valence-corrected chi connectivity index (χ2v) is 2.39. The van der Waals surface area contributed by atoms with Gasteiger partial charge in [0.15, 0.2) is 11.8 Å². The van der Waals surface area contributed by atoms with E-state index in [1.165, 1.54) is 17.9 Å². The fourth-order valence-corrected chi connectivity index (χ4v) is 0.706. The first-order valence-corrected chi connectivity index (χ1v) is 3.63. The molecule has 2 N–H and O–H groups in total. The molecule has 0 unspecified atom stereocenters. The summed E-state index contributed by atoms with van der Waals surface area (Å²) in [5.41, 5.74) is 1.40. The quantitative estimate of drug-likeness (QED) is 0.534. The lowest BCUT2D eigenvalue weighted by Gasteiger charge is -2.02. The number of hydrogen-bond acceptors (Lipinski definition) is 5. The highest BCUT2D eigenvalue weighted by atomic mass is 35.5. The molecule has 0 saturated carbocycles. The van der Waals surface area contributed by atoms with Crippen molar-refractivity contribution in [3.05, 3.63) is 17.5 Å². The van der Waals surface area contributed by atoms with Crippen LogP contribution in [0.5, 0.6) is 5.88 Å². The third-order valence-electron chi connectivity index (χ3n) is 1.06. The molecule has 0 fully saturated rings. The molecule has 70 valence electrons. The van der Waals surface area contributed by atoms with Crippen molar-refractivity contribution < 1.29 is 14.7 Å². The largest absolute Gasteiger partial charge is 0.466 e. The number of amides is 1. The van der Waals surface area contributed by atoms with Crippen LogP contribution in [-0.4, -0.2) is 27.7 Å². The SMILES string of the molecule is O=C(COc1cncc(Cl)n1)NO. The summed E-state index contributed by atoms with van der Waals surface area (Å²) in [6.45, 7) is -0.342. The zero-order valence-electron chi connectivity index (χ0n) is 6.40. The van der Waals surface area contributed by atoms with E-state index in [0.29, 0.717) is 0 Å². The van der Waals surface area contributed by atoms with Crippen molar-refractivity contribution in [1.29, 1.82) is 0 Å². The molecule has 0 bridgehead atoms. The molecule has 0 aliphatic heterocycles. The number of hydrogen-bond donors (Lipinski definition) is 2. The third-order valence-corrected chi connectivity index (χ3v) is 1.24. The molecule has 0 aromatic carbocycles. The summed E-state index contributed by atoms with van der Waals surface area (Å²) in [6, 6.07) is 0. The van der Waals surface area contributed by atoms with Crippen molar-refractivity contribution in [3.8, 4) is 5.88 Å². The highest BCUT2D eigenvalue weighted by molar-refractivity contribution is 6.29. The van der Waals surface area contributed by atoms with Crippen LogP contribution in [0.4, 0.5) is 0 Å². The number of ether oxygens (including phenoxy) is 1. The monoisotopic (exact) mass is 203 g/mol. The smallest absolute Gasteiger partial charge is 0.281 e. The zero-order chi connectivity index (χ0) is 9.68. The molecule has 0 saturated heterocycles. The number of carbonyl (C=O) groups is 1. The lowest BCUT2D eigenvalue weighted by Crippen LogP contribution is -2.25. The van der Waals surface area contributed by atoms with E-state index >= 15 is 0 Å². The molecule has 1 aromatic heterocycles. The molecule has 1 rings (SSSR count). The van der Waals surface area contributed by atoms with Gasteiger partial charge in [0.1, 0.15) is 0 Å². The van der Waals surface area contributed by atoms with Gasteiger partial charge in [-0.15, -0.1) is 0 Å². The summed E-state index contributed by atoms with van der Waals surface area (Å²) in [6.07, 6.45) is 2.64. The predicted octanol–water partition coefficient (Wildman–Crippen LogP) is 0.0142. The van der Waals surface area contributed by atoms with Crippen LogP contribution in [0.25, 0.3) is 0 Å². The Hall–Kier alpha value is -1.40. The normalized spacial score (nSPS) is 9.38. The van der Waals surface area contributed by atoms with E-state index in [2.05, 4.69) is 9.97 Å². The average molecular weight is 204 g/mol. The predicted molar refractivity (Wildman–Crippen MR) is 42.5 cm³/mol. The minimum Gasteiger partial charge on any atom is -0.466 e. The topological polar surface area (TPSA) is 84.3 Å². The summed E-state index contributed by atoms with van der Waals surface area (Å²) in [7, 11) is 0. The van der Waals surface area contributed by atoms with Crippen LogP contribution in [-0.2, 0) is 4.79 Å². The van der Waals surface area contributed by atoms with Gasteiger partial charge in [-0.3, -0.25) is 15.0 Å². The van der Waals surface area contributed by atoms with Crippen LogP contribution in [0.3, 0.4) is 0 Å². The summed E-state index contributed by atoms with van der Waals surface area (Å²) in [5.74, 6) is -0.558. The molecule has 0 aliphatic carbocycles. The molecule has 0 atom stereocenters. The Morgan fingerprint density at radius 1 is 1.69 bits per heavy atom. The van der Waals surface area contributed by atoms with E-state index in [0.717, 1.165) is 0 Å². The maximum Gasteiger partial charge on any atom is 0.281 e. The second kappa shape index (κ2) is 4.58. The first kappa shape index (κ1) is 9.69. The van der Waals surface area contributed by atoms with Gasteiger partial charge < -0.3 is 4.74 Å². The number of nitrogens with zero attached hydrogens (tertiary/aromatic N) is 2. The molecule has 13 heavy (non-hydrogen) atoms. The van der Waals surface area contributed by atoms with E-state index in [4.69, 9.17) is 21.5 Å². The minimum atomic E-state index is -0.679. The fourth-order valence-electron chi connectivity index (χ4n) is 0.567. The Bertz CT molecular complexity index is 307. The third kappa shape index (κ3) is 3.22. The minimum absolute atomic E-state index is 0.121. The van der Waals surface area contributed by atoms with Crippen molar-refractivity contribution in [1.82, 2.24) is 15.4 Å². The van der Waals surface area contributed by atoms with Crippen molar-refractivity contribution >= 4 is 17.5 Å². The maximum atomic E-state index is 10.5. The van der Waals surface area contributed by atoms with Gasteiger partial charge in [0.25, 0.3) is 5.91 Å². The van der Waals surface area contributed by atoms with Crippen LogP contribution in [0.1, 0.15) is 0 Å². The van der Waals surface area contributed by atoms with Crippen molar-refractivity contribution in [3.63, 3.8) is 0 Å². The van der Waals surface area contributed by atoms with E-state index in [1.807, 2.05) is 0 Å². The first-order valence-electron chi connectivity index (χ1n) is 3.25. The molecule has 7 heteroatoms. The van der Waals surface area contributed by atoms with Gasteiger partial charge in [-0.05, 0) is 0 Å². The molecule has 1 aromatic rings. The van der Waals surface area contributed by atoms with Gasteiger partial charge in [0.2, 0.25) is 5.88 Å². The average Bonchev–Trinajstić information content (AvgIpc) is 2.14. The van der Waals surface area contributed by atoms with E-state index in [1.54, 1.807) is 0 Å². The Morgan fingerprint density at radius 2 is 2.46 bits per heavy atom. The van der Waals surface area contributed by atoms with Crippen molar-refractivity contribution in [2.24, 2.45) is 0 Å². The van der Waals surface area contributed by atoms with Gasteiger partial charge in [0, 0.05) is 0 Å². The molecule has 0 aliphatic rings. The van der Waals surface area contributed by atoms with Crippen molar-refractivity contribution in [2.45, 2.75) is 0 Å². The van der Waals surface area contributed by atoms with E-state index in [9.17, 15) is 4.79 Å². The summed E-state index contributed by atoms with van der Waals surface area (Å²) >= 11 is 5.49. The fraction of sp³-hybridized carbons (Fsp3) is 0.167. The van der Waals surface area contributed by atoms with Crippen LogP contribution in [0.2, 0.25) is 5.15 Å². The van der Waals surface area contributed by atoms with Crippen LogP contribution < -0.4 is 10.2 Å². The summed E-state index contributed by atoms with van der Waals surface area (Å²) < 4.78 is 4.81. The number of carbonyl (C=O) groups excluding carboxylic acids is 1. The summed E-state index contributed by atoms with van der Waals surface area (Å²) in [5, 5.41) is 8.29. The molecular formula is C6H6ClN3O3. The Labute approximate surface area is 78.5 Å². The van der Waals surface area contributed by atoms with Gasteiger partial charge in [-0.1, -0.05) is 11.6 Å². The highest BCUT2D eigenvalue weighted by Gasteiger charge is 2.02. The van der Waals surface area contributed by atoms with Gasteiger partial charge >= 0.3 is 0 Å². The number of hydroxylamine groups is 1. The first-order chi connectivity index (χ1) is 6.22. The summed E-state index contributed by atoms with van der Waals surface area (Å²) in [4.78, 5) is 17.9. The molecule has 6 nitrogen and oxygen atoms in total. The number of nitrogens with one attached hydrogen (secondary N) is 1. The Kier molecular flexibility index (Phi) is 3.41. The standard InChI is InChI=1S/C6H6ClN3O3/c7-4-1-8-2-6(9-4)13-3-5(11)10-12/h1-2,12H,3H2,(H,10,11). The van der Waals surface area contributed by atoms with E-state index < -0.39 is 5.91 Å². The van der Waals surface area contributed by atoms with E-state index in [-0.39, 0.29) is 17.6 Å². The molecule has 1 amide bonds. The van der Waals surface area contributed by atoms with Crippen LogP contribution >= 0.6 is 11.6 Å². The van der Waals surface area contributed by atoms with Crippen molar-refractivity contribution in [2.75, 3.05) is 6.61 Å². The molecule has 1 heterocycles. The number of halogens is 1. The lowest BCUT2D eigenvalue weighted by atomic mass is 10.6. The number of rotatable bonds is 3. The van der Waals surface area contributed by atoms with Crippen LogP contribution in [0.15, 0.2) is 12.4 Å². The van der Waals surface area contributed by atoms with Gasteiger partial charge in [-0.25, -0.2) is 5.48 Å².